The first-order valence-corrected chi connectivity index (χ1v) is 6.60. The molecule has 19 heavy (non-hydrogen) atoms. The molecule has 0 aliphatic carbocycles. The van der Waals surface area contributed by atoms with Crippen molar-refractivity contribution in [1.29, 1.82) is 5.41 Å². The molecule has 3 N–H and O–H groups in total. The third kappa shape index (κ3) is 3.94. The van der Waals surface area contributed by atoms with Crippen LogP contribution < -0.4 is 10.5 Å². The largest absolute Gasteiger partial charge is 0.491 e. The molecule has 1 aromatic carbocycles. The van der Waals surface area contributed by atoms with Gasteiger partial charge in [0, 0.05) is 18.7 Å². The molecule has 5 heteroatoms. The van der Waals surface area contributed by atoms with E-state index in [0.29, 0.717) is 12.2 Å². The first-order valence-electron chi connectivity index (χ1n) is 6.60. The molecule has 2 rings (SSSR count). The number of amidine groups is 1. The summed E-state index contributed by atoms with van der Waals surface area (Å²) in [5.74, 6) is 0.850. The number of likely N-dealkylation sites (N-methyl/N-ethyl adjacent to an activating group) is 1. The van der Waals surface area contributed by atoms with Crippen LogP contribution in [0.1, 0.15) is 12.5 Å². The lowest BCUT2D eigenvalue weighted by Gasteiger charge is -2.31. The maximum Gasteiger partial charge on any atom is 0.122 e. The van der Waals surface area contributed by atoms with E-state index in [0.717, 1.165) is 32.0 Å². The zero-order valence-electron chi connectivity index (χ0n) is 11.3. The smallest absolute Gasteiger partial charge is 0.122 e. The number of rotatable bonds is 5. The third-order valence-corrected chi connectivity index (χ3v) is 3.27. The van der Waals surface area contributed by atoms with Crippen LogP contribution in [-0.2, 0) is 4.74 Å². The highest BCUT2D eigenvalue weighted by Gasteiger charge is 2.19. The van der Waals surface area contributed by atoms with Crippen molar-refractivity contribution in [2.24, 2.45) is 5.73 Å². The van der Waals surface area contributed by atoms with Gasteiger partial charge in [-0.3, -0.25) is 10.3 Å². The quantitative estimate of drug-likeness (QED) is 0.616. The van der Waals surface area contributed by atoms with Crippen LogP contribution >= 0.6 is 0 Å². The number of nitrogens with one attached hydrogen (secondary N) is 1. The van der Waals surface area contributed by atoms with Crippen LogP contribution in [0.3, 0.4) is 0 Å². The predicted octanol–water partition coefficient (Wildman–Crippen LogP) is 1.07. The summed E-state index contributed by atoms with van der Waals surface area (Å²) in [5.41, 5.74) is 6.11. The number of nitrogens with zero attached hydrogens (tertiary/aromatic N) is 1. The maximum absolute atomic E-state index is 7.32. The third-order valence-electron chi connectivity index (χ3n) is 3.27. The van der Waals surface area contributed by atoms with Crippen molar-refractivity contribution < 1.29 is 9.47 Å². The summed E-state index contributed by atoms with van der Waals surface area (Å²) in [5, 5.41) is 7.32. The summed E-state index contributed by atoms with van der Waals surface area (Å²) in [7, 11) is 0. The molecule has 1 unspecified atom stereocenters. The second kappa shape index (κ2) is 6.54. The zero-order chi connectivity index (χ0) is 13.7. The van der Waals surface area contributed by atoms with Crippen LogP contribution in [0.2, 0.25) is 0 Å². The fourth-order valence-electron chi connectivity index (χ4n) is 2.09. The molecule has 0 saturated carbocycles. The van der Waals surface area contributed by atoms with Gasteiger partial charge in [0.05, 0.1) is 6.61 Å². The first kappa shape index (κ1) is 13.8. The van der Waals surface area contributed by atoms with Crippen LogP contribution in [-0.4, -0.2) is 49.7 Å². The van der Waals surface area contributed by atoms with Crippen molar-refractivity contribution in [3.63, 3.8) is 0 Å². The average molecular weight is 263 g/mol. The molecule has 0 radical (unpaired) electrons. The molecule has 1 fully saturated rings. The lowest BCUT2D eigenvalue weighted by atomic mass is 10.2. The van der Waals surface area contributed by atoms with Crippen molar-refractivity contribution in [1.82, 2.24) is 4.90 Å². The van der Waals surface area contributed by atoms with E-state index in [4.69, 9.17) is 20.6 Å². The Hall–Kier alpha value is -1.59. The van der Waals surface area contributed by atoms with E-state index < -0.39 is 0 Å². The Bertz CT molecular complexity index is 419. The van der Waals surface area contributed by atoms with Gasteiger partial charge in [0.15, 0.2) is 0 Å². The SMILES string of the molecule is CCN1CCOC(COc2ccc(C(=N)N)cc2)C1. The fourth-order valence-corrected chi connectivity index (χ4v) is 2.09. The minimum atomic E-state index is 0.0701. The molecular weight excluding hydrogens is 242 g/mol. The van der Waals surface area contributed by atoms with E-state index in [1.807, 2.05) is 12.1 Å². The summed E-state index contributed by atoms with van der Waals surface area (Å²) in [6.45, 7) is 6.44. The second-order valence-corrected chi connectivity index (χ2v) is 4.64. The monoisotopic (exact) mass is 263 g/mol. The highest BCUT2D eigenvalue weighted by Crippen LogP contribution is 2.13. The van der Waals surface area contributed by atoms with Gasteiger partial charge in [-0.2, -0.15) is 0 Å². The molecule has 0 aromatic heterocycles. The van der Waals surface area contributed by atoms with Crippen LogP contribution in [0.25, 0.3) is 0 Å². The van der Waals surface area contributed by atoms with E-state index in [9.17, 15) is 0 Å². The molecule has 0 amide bonds. The Labute approximate surface area is 113 Å². The summed E-state index contributed by atoms with van der Waals surface area (Å²) < 4.78 is 11.4. The van der Waals surface area contributed by atoms with Crippen molar-refractivity contribution in [3.05, 3.63) is 29.8 Å². The van der Waals surface area contributed by atoms with Gasteiger partial charge >= 0.3 is 0 Å². The van der Waals surface area contributed by atoms with Gasteiger partial charge in [0.2, 0.25) is 0 Å². The van der Waals surface area contributed by atoms with Crippen LogP contribution in [0.4, 0.5) is 0 Å². The molecule has 0 bridgehead atoms. The van der Waals surface area contributed by atoms with Gasteiger partial charge in [-0.15, -0.1) is 0 Å². The minimum absolute atomic E-state index is 0.0701. The molecular formula is C14H21N3O2. The molecule has 5 nitrogen and oxygen atoms in total. The molecule has 1 aliphatic heterocycles. The molecule has 1 heterocycles. The molecule has 1 aromatic rings. The maximum atomic E-state index is 7.32. The summed E-state index contributed by atoms with van der Waals surface area (Å²) in [6, 6.07) is 7.24. The van der Waals surface area contributed by atoms with Gasteiger partial charge in [0.25, 0.3) is 0 Å². The minimum Gasteiger partial charge on any atom is -0.491 e. The number of hydrogen-bond acceptors (Lipinski definition) is 4. The molecule has 104 valence electrons. The Balaban J connectivity index is 1.83. The van der Waals surface area contributed by atoms with Gasteiger partial charge in [0.1, 0.15) is 24.3 Å². The van der Waals surface area contributed by atoms with E-state index in [1.54, 1.807) is 12.1 Å². The normalized spacial score (nSPS) is 20.2. The Morgan fingerprint density at radius 1 is 1.47 bits per heavy atom. The van der Waals surface area contributed by atoms with Crippen molar-refractivity contribution >= 4 is 5.84 Å². The number of nitrogen functional groups attached to an aromatic ring is 1. The number of benzene rings is 1. The highest BCUT2D eigenvalue weighted by atomic mass is 16.5. The highest BCUT2D eigenvalue weighted by molar-refractivity contribution is 5.94. The summed E-state index contributed by atoms with van der Waals surface area (Å²) >= 11 is 0. The first-order chi connectivity index (χ1) is 9.19. The Morgan fingerprint density at radius 3 is 2.84 bits per heavy atom. The lowest BCUT2D eigenvalue weighted by Crippen LogP contribution is -2.44. The van der Waals surface area contributed by atoms with E-state index in [2.05, 4.69) is 11.8 Å². The number of hydrogen-bond donors (Lipinski definition) is 2. The van der Waals surface area contributed by atoms with Gasteiger partial charge in [-0.05, 0) is 30.8 Å². The topological polar surface area (TPSA) is 71.6 Å². The number of morpholine rings is 1. The molecule has 1 saturated heterocycles. The number of ether oxygens (including phenoxy) is 2. The van der Waals surface area contributed by atoms with Gasteiger partial charge < -0.3 is 15.2 Å². The lowest BCUT2D eigenvalue weighted by molar-refractivity contribution is -0.0464. The fraction of sp³-hybridized carbons (Fsp3) is 0.500. The standard InChI is InChI=1S/C14H21N3O2/c1-2-17-7-8-18-13(9-17)10-19-12-5-3-11(4-6-12)14(15)16/h3-6,13H,2,7-10H2,1H3,(H3,15,16). The second-order valence-electron chi connectivity index (χ2n) is 4.64. The van der Waals surface area contributed by atoms with Crippen LogP contribution in [0, 0.1) is 5.41 Å². The van der Waals surface area contributed by atoms with E-state index in [1.165, 1.54) is 0 Å². The van der Waals surface area contributed by atoms with Gasteiger partial charge in [-0.25, -0.2) is 0 Å². The summed E-state index contributed by atoms with van der Waals surface area (Å²) in [6.07, 6.45) is 0.126. The van der Waals surface area contributed by atoms with Gasteiger partial charge in [-0.1, -0.05) is 6.92 Å². The zero-order valence-corrected chi connectivity index (χ0v) is 11.3. The molecule has 0 spiro atoms. The summed E-state index contributed by atoms with van der Waals surface area (Å²) in [4.78, 5) is 2.36. The number of nitrogens with two attached hydrogens (primary N) is 1. The van der Waals surface area contributed by atoms with Crippen LogP contribution in [0.15, 0.2) is 24.3 Å². The Kier molecular flexibility index (Phi) is 4.76. The van der Waals surface area contributed by atoms with E-state index >= 15 is 0 Å². The van der Waals surface area contributed by atoms with Crippen molar-refractivity contribution in [2.75, 3.05) is 32.8 Å². The predicted molar refractivity (Wildman–Crippen MR) is 74.8 cm³/mol. The Morgan fingerprint density at radius 2 is 2.21 bits per heavy atom. The van der Waals surface area contributed by atoms with Crippen molar-refractivity contribution in [2.45, 2.75) is 13.0 Å². The molecule has 1 atom stereocenters. The van der Waals surface area contributed by atoms with E-state index in [-0.39, 0.29) is 11.9 Å². The van der Waals surface area contributed by atoms with Crippen molar-refractivity contribution in [3.8, 4) is 5.75 Å². The average Bonchev–Trinajstić information content (AvgIpc) is 2.46. The van der Waals surface area contributed by atoms with Crippen LogP contribution in [0.5, 0.6) is 5.75 Å². The molecule has 1 aliphatic rings.